The third-order valence-electron chi connectivity index (χ3n) is 4.13. The molecule has 0 unspecified atom stereocenters. The van der Waals surface area contributed by atoms with Crippen molar-refractivity contribution < 1.29 is 22.9 Å². The Morgan fingerprint density at radius 1 is 1.14 bits per heavy atom. The summed E-state index contributed by atoms with van der Waals surface area (Å²) in [4.78, 5) is 22.5. The molecule has 0 aromatic heterocycles. The summed E-state index contributed by atoms with van der Waals surface area (Å²) in [5.41, 5.74) is 0.149. The third kappa shape index (κ3) is 4.30. The number of amides is 1. The topological polar surface area (TPSA) is 119 Å². The average molecular weight is 426 g/mol. The molecule has 1 heterocycles. The van der Waals surface area contributed by atoms with Gasteiger partial charge < -0.3 is 10.1 Å². The molecule has 1 fully saturated rings. The number of benzene rings is 2. The highest BCUT2D eigenvalue weighted by molar-refractivity contribution is 7.89. The van der Waals surface area contributed by atoms with Gasteiger partial charge in [0.2, 0.25) is 10.0 Å². The number of hydrogen-bond acceptors (Lipinski definition) is 6. The lowest BCUT2D eigenvalue weighted by atomic mass is 10.2. The van der Waals surface area contributed by atoms with Crippen molar-refractivity contribution in [2.75, 3.05) is 31.6 Å². The molecule has 9 nitrogen and oxygen atoms in total. The third-order valence-corrected chi connectivity index (χ3v) is 6.36. The van der Waals surface area contributed by atoms with Crippen LogP contribution < -0.4 is 5.32 Å². The van der Waals surface area contributed by atoms with Crippen LogP contribution in [0.4, 0.5) is 11.4 Å². The van der Waals surface area contributed by atoms with Gasteiger partial charge in [0.15, 0.2) is 0 Å². The van der Waals surface area contributed by atoms with Crippen molar-refractivity contribution >= 4 is 38.9 Å². The lowest BCUT2D eigenvalue weighted by Crippen LogP contribution is -2.40. The lowest BCUT2D eigenvalue weighted by molar-refractivity contribution is -0.384. The number of halogens is 1. The number of sulfonamides is 1. The maximum absolute atomic E-state index is 12.8. The van der Waals surface area contributed by atoms with E-state index in [1.54, 1.807) is 0 Å². The minimum Gasteiger partial charge on any atom is -0.379 e. The van der Waals surface area contributed by atoms with Gasteiger partial charge in [-0.25, -0.2) is 8.42 Å². The van der Waals surface area contributed by atoms with E-state index in [1.807, 2.05) is 0 Å². The van der Waals surface area contributed by atoms with E-state index in [0.717, 1.165) is 0 Å². The van der Waals surface area contributed by atoms with Crippen LogP contribution in [0.2, 0.25) is 5.02 Å². The molecule has 3 rings (SSSR count). The second kappa shape index (κ2) is 8.23. The van der Waals surface area contributed by atoms with Crippen LogP contribution in [-0.4, -0.2) is 49.9 Å². The fourth-order valence-electron chi connectivity index (χ4n) is 2.63. The van der Waals surface area contributed by atoms with Gasteiger partial charge in [-0.05, 0) is 30.3 Å². The molecule has 28 heavy (non-hydrogen) atoms. The van der Waals surface area contributed by atoms with E-state index >= 15 is 0 Å². The number of nitrogens with one attached hydrogen (secondary N) is 1. The highest BCUT2D eigenvalue weighted by Gasteiger charge is 2.27. The first-order valence-corrected chi connectivity index (χ1v) is 10.0. The summed E-state index contributed by atoms with van der Waals surface area (Å²) in [6, 6.07) is 9.06. The summed E-state index contributed by atoms with van der Waals surface area (Å²) < 4.78 is 32.0. The lowest BCUT2D eigenvalue weighted by Gasteiger charge is -2.26. The number of nitro benzene ring substituents is 1. The Hall–Kier alpha value is -2.53. The molecule has 0 saturated carbocycles. The van der Waals surface area contributed by atoms with Crippen LogP contribution in [0.15, 0.2) is 47.4 Å². The highest BCUT2D eigenvalue weighted by atomic mass is 35.5. The number of ether oxygens (including phenoxy) is 1. The van der Waals surface area contributed by atoms with Crippen molar-refractivity contribution in [1.82, 2.24) is 4.31 Å². The minimum atomic E-state index is -3.75. The number of morpholine rings is 1. The average Bonchev–Trinajstić information content (AvgIpc) is 2.70. The molecule has 0 aliphatic carbocycles. The van der Waals surface area contributed by atoms with E-state index in [2.05, 4.69) is 5.32 Å². The van der Waals surface area contributed by atoms with Crippen molar-refractivity contribution in [1.29, 1.82) is 0 Å². The Labute approximate surface area is 166 Å². The van der Waals surface area contributed by atoms with Crippen LogP contribution in [0.5, 0.6) is 0 Å². The fourth-order valence-corrected chi connectivity index (χ4v) is 4.23. The van der Waals surface area contributed by atoms with Gasteiger partial charge in [-0.1, -0.05) is 11.6 Å². The van der Waals surface area contributed by atoms with E-state index < -0.39 is 20.9 Å². The Morgan fingerprint density at radius 3 is 2.39 bits per heavy atom. The molecule has 11 heteroatoms. The molecule has 1 aliphatic heterocycles. The van der Waals surface area contributed by atoms with Gasteiger partial charge in [0.25, 0.3) is 11.6 Å². The summed E-state index contributed by atoms with van der Waals surface area (Å²) in [5, 5.41) is 13.4. The van der Waals surface area contributed by atoms with Gasteiger partial charge in [0.1, 0.15) is 0 Å². The number of rotatable bonds is 5. The largest absolute Gasteiger partial charge is 0.379 e. The summed E-state index contributed by atoms with van der Waals surface area (Å²) >= 11 is 6.10. The fraction of sp³-hybridized carbons (Fsp3) is 0.235. The van der Waals surface area contributed by atoms with Gasteiger partial charge in [-0.2, -0.15) is 4.31 Å². The van der Waals surface area contributed by atoms with E-state index in [1.165, 1.54) is 46.8 Å². The van der Waals surface area contributed by atoms with Crippen LogP contribution in [0.3, 0.4) is 0 Å². The molecule has 148 valence electrons. The number of anilines is 1. The molecule has 0 spiro atoms. The first kappa shape index (κ1) is 20.2. The quantitative estimate of drug-likeness (QED) is 0.580. The second-order valence-electron chi connectivity index (χ2n) is 5.92. The number of nitrogens with zero attached hydrogens (tertiary/aromatic N) is 2. The standard InChI is InChI=1S/C17H16ClN3O6S/c18-15-6-5-14(28(25,26)20-7-9-27-10-8-20)11-16(15)19-17(22)12-1-3-13(4-2-12)21(23)24/h1-6,11H,7-10H2,(H,19,22). The molecule has 0 radical (unpaired) electrons. The normalized spacial score (nSPS) is 15.2. The zero-order valence-corrected chi connectivity index (χ0v) is 16.1. The van der Waals surface area contributed by atoms with Gasteiger partial charge in [-0.3, -0.25) is 14.9 Å². The van der Waals surface area contributed by atoms with Crippen molar-refractivity contribution in [3.63, 3.8) is 0 Å². The molecule has 1 aliphatic rings. The van der Waals surface area contributed by atoms with Gasteiger partial charge in [-0.15, -0.1) is 0 Å². The van der Waals surface area contributed by atoms with E-state index in [-0.39, 0.29) is 39.9 Å². The monoisotopic (exact) mass is 425 g/mol. The molecular weight excluding hydrogens is 410 g/mol. The van der Waals surface area contributed by atoms with E-state index in [0.29, 0.717) is 13.2 Å². The SMILES string of the molecule is O=C(Nc1cc(S(=O)(=O)N2CCOCC2)ccc1Cl)c1ccc([N+](=O)[O-])cc1. The maximum atomic E-state index is 12.8. The summed E-state index contributed by atoms with van der Waals surface area (Å²) in [5.74, 6) is -0.572. The Bertz CT molecular complexity index is 1000. The first-order valence-electron chi connectivity index (χ1n) is 8.22. The molecular formula is C17H16ClN3O6S. The van der Waals surface area contributed by atoms with Crippen molar-refractivity contribution in [3.8, 4) is 0 Å². The molecule has 1 N–H and O–H groups in total. The zero-order valence-electron chi connectivity index (χ0n) is 14.5. The molecule has 1 amide bonds. The van der Waals surface area contributed by atoms with Crippen LogP contribution in [0.25, 0.3) is 0 Å². The second-order valence-corrected chi connectivity index (χ2v) is 8.26. The predicted molar refractivity (Wildman–Crippen MR) is 102 cm³/mol. The van der Waals surface area contributed by atoms with Gasteiger partial charge in [0, 0.05) is 30.8 Å². The van der Waals surface area contributed by atoms with Crippen molar-refractivity contribution in [2.45, 2.75) is 4.90 Å². The van der Waals surface area contributed by atoms with E-state index in [4.69, 9.17) is 16.3 Å². The van der Waals surface area contributed by atoms with Crippen molar-refractivity contribution in [2.24, 2.45) is 0 Å². The highest BCUT2D eigenvalue weighted by Crippen LogP contribution is 2.28. The summed E-state index contributed by atoms with van der Waals surface area (Å²) in [7, 11) is -3.75. The van der Waals surface area contributed by atoms with Gasteiger partial charge in [0.05, 0.1) is 33.7 Å². The Kier molecular flexibility index (Phi) is 5.94. The van der Waals surface area contributed by atoms with Gasteiger partial charge >= 0.3 is 0 Å². The predicted octanol–water partition coefficient (Wildman–Crippen LogP) is 2.52. The Morgan fingerprint density at radius 2 is 1.79 bits per heavy atom. The maximum Gasteiger partial charge on any atom is 0.269 e. The minimum absolute atomic E-state index is 0.00204. The van der Waals surface area contributed by atoms with Crippen LogP contribution in [0.1, 0.15) is 10.4 Å². The molecule has 2 aromatic rings. The van der Waals surface area contributed by atoms with Crippen LogP contribution in [-0.2, 0) is 14.8 Å². The van der Waals surface area contributed by atoms with E-state index in [9.17, 15) is 23.3 Å². The number of carbonyl (C=O) groups excluding carboxylic acids is 1. The first-order chi connectivity index (χ1) is 13.3. The smallest absolute Gasteiger partial charge is 0.269 e. The summed E-state index contributed by atoms with van der Waals surface area (Å²) in [6.45, 7) is 1.12. The molecule has 1 saturated heterocycles. The van der Waals surface area contributed by atoms with Crippen LogP contribution >= 0.6 is 11.6 Å². The number of hydrogen-bond donors (Lipinski definition) is 1. The molecule has 0 atom stereocenters. The number of nitro groups is 1. The molecule has 0 bridgehead atoms. The number of carbonyl (C=O) groups is 1. The molecule has 2 aromatic carbocycles. The Balaban J connectivity index is 1.83. The van der Waals surface area contributed by atoms with Crippen LogP contribution in [0, 0.1) is 10.1 Å². The van der Waals surface area contributed by atoms with Crippen molar-refractivity contribution in [3.05, 3.63) is 63.2 Å². The zero-order chi connectivity index (χ0) is 20.3. The number of non-ortho nitro benzene ring substituents is 1. The summed E-state index contributed by atoms with van der Waals surface area (Å²) in [6.07, 6.45) is 0.